The minimum absolute atomic E-state index is 0.0481. The van der Waals surface area contributed by atoms with E-state index in [4.69, 9.17) is 9.47 Å². The Morgan fingerprint density at radius 2 is 1.72 bits per heavy atom. The van der Waals surface area contributed by atoms with Crippen molar-refractivity contribution in [2.24, 2.45) is 4.99 Å². The Labute approximate surface area is 191 Å². The Morgan fingerprint density at radius 1 is 1.03 bits per heavy atom. The maximum Gasteiger partial charge on any atom is 0.243 e. The minimum Gasteiger partial charge on any atom is -0.490 e. The van der Waals surface area contributed by atoms with Gasteiger partial charge in [0.2, 0.25) is 5.91 Å². The van der Waals surface area contributed by atoms with E-state index >= 15 is 0 Å². The first-order valence-corrected chi connectivity index (χ1v) is 11.1. The van der Waals surface area contributed by atoms with Crippen LogP contribution in [0, 0.1) is 0 Å². The molecule has 1 unspecified atom stereocenters. The second-order valence-corrected chi connectivity index (χ2v) is 7.55. The van der Waals surface area contributed by atoms with Gasteiger partial charge in [-0.15, -0.1) is 0 Å². The van der Waals surface area contributed by atoms with Crippen molar-refractivity contribution in [2.75, 3.05) is 40.4 Å². The van der Waals surface area contributed by atoms with E-state index in [1.165, 1.54) is 4.90 Å². The van der Waals surface area contributed by atoms with Crippen LogP contribution >= 0.6 is 0 Å². The Bertz CT molecular complexity index is 869. The van der Waals surface area contributed by atoms with E-state index in [0.717, 1.165) is 29.0 Å². The van der Waals surface area contributed by atoms with Gasteiger partial charge in [0.25, 0.3) is 0 Å². The molecule has 0 radical (unpaired) electrons. The average molecular weight is 441 g/mol. The van der Waals surface area contributed by atoms with Crippen LogP contribution in [0.25, 0.3) is 0 Å². The van der Waals surface area contributed by atoms with Crippen LogP contribution in [0.5, 0.6) is 11.5 Å². The zero-order valence-corrected chi connectivity index (χ0v) is 19.9. The third kappa shape index (κ3) is 8.13. The van der Waals surface area contributed by atoms with Gasteiger partial charge in [-0.3, -0.25) is 4.79 Å². The van der Waals surface area contributed by atoms with Gasteiger partial charge in [0.05, 0.1) is 19.3 Å². The van der Waals surface area contributed by atoms with Crippen molar-refractivity contribution in [2.45, 2.75) is 33.2 Å². The van der Waals surface area contributed by atoms with Gasteiger partial charge in [-0.1, -0.05) is 36.4 Å². The number of rotatable bonds is 11. The van der Waals surface area contributed by atoms with Crippen LogP contribution in [0.1, 0.15) is 37.9 Å². The number of nitrogens with one attached hydrogen (secondary N) is 2. The fourth-order valence-corrected chi connectivity index (χ4v) is 3.05. The van der Waals surface area contributed by atoms with Crippen LogP contribution in [0.4, 0.5) is 0 Å². The van der Waals surface area contributed by atoms with E-state index in [1.54, 1.807) is 14.1 Å². The number of ether oxygens (including phenoxy) is 2. The number of amides is 1. The molecule has 1 amide bonds. The summed E-state index contributed by atoms with van der Waals surface area (Å²) in [5.41, 5.74) is 2.28. The molecule has 7 nitrogen and oxygen atoms in total. The van der Waals surface area contributed by atoms with Crippen molar-refractivity contribution in [3.8, 4) is 11.5 Å². The lowest BCUT2D eigenvalue weighted by atomic mass is 10.1. The Morgan fingerprint density at radius 3 is 2.38 bits per heavy atom. The number of benzene rings is 2. The molecule has 0 bridgehead atoms. The molecule has 0 saturated heterocycles. The molecule has 32 heavy (non-hydrogen) atoms. The monoisotopic (exact) mass is 440 g/mol. The molecule has 0 aliphatic rings. The summed E-state index contributed by atoms with van der Waals surface area (Å²) >= 11 is 0. The van der Waals surface area contributed by atoms with Crippen LogP contribution in [0.15, 0.2) is 53.5 Å². The van der Waals surface area contributed by atoms with Crippen molar-refractivity contribution >= 4 is 11.9 Å². The first kappa shape index (κ1) is 25.0. The van der Waals surface area contributed by atoms with Gasteiger partial charge in [-0.25, -0.2) is 4.99 Å². The van der Waals surface area contributed by atoms with Crippen molar-refractivity contribution in [3.05, 3.63) is 59.7 Å². The number of carbonyl (C=O) groups is 1. The quantitative estimate of drug-likeness (QED) is 0.414. The molecule has 2 rings (SSSR count). The number of hydrogen-bond donors (Lipinski definition) is 2. The van der Waals surface area contributed by atoms with Crippen LogP contribution in [0.3, 0.4) is 0 Å². The van der Waals surface area contributed by atoms with Gasteiger partial charge >= 0.3 is 0 Å². The molecule has 1 atom stereocenters. The number of aliphatic imine (C=N–C) groups is 1. The van der Waals surface area contributed by atoms with Gasteiger partial charge in [-0.05, 0) is 50.5 Å². The molecule has 0 spiro atoms. The summed E-state index contributed by atoms with van der Waals surface area (Å²) in [4.78, 5) is 18.0. The molecular formula is C25H36N4O3. The predicted octanol–water partition coefficient (Wildman–Crippen LogP) is 3.41. The molecular weight excluding hydrogens is 404 g/mol. The number of carbonyl (C=O) groups excluding carboxylic acids is 1. The predicted molar refractivity (Wildman–Crippen MR) is 129 cm³/mol. The van der Waals surface area contributed by atoms with E-state index in [2.05, 4.69) is 34.7 Å². The lowest BCUT2D eigenvalue weighted by Crippen LogP contribution is -2.40. The molecule has 2 N–H and O–H groups in total. The van der Waals surface area contributed by atoms with Crippen LogP contribution in [0.2, 0.25) is 0 Å². The lowest BCUT2D eigenvalue weighted by Gasteiger charge is -2.19. The molecule has 0 heterocycles. The maximum absolute atomic E-state index is 12.0. The summed E-state index contributed by atoms with van der Waals surface area (Å²) in [5, 5.41) is 6.75. The van der Waals surface area contributed by atoms with E-state index in [-0.39, 0.29) is 18.5 Å². The van der Waals surface area contributed by atoms with Gasteiger partial charge in [0.15, 0.2) is 17.5 Å². The van der Waals surface area contributed by atoms with E-state index in [1.807, 2.05) is 50.2 Å². The van der Waals surface area contributed by atoms with Gasteiger partial charge in [0.1, 0.15) is 6.54 Å². The van der Waals surface area contributed by atoms with Crippen molar-refractivity contribution in [1.29, 1.82) is 0 Å². The third-order valence-corrected chi connectivity index (χ3v) is 4.84. The van der Waals surface area contributed by atoms with Crippen molar-refractivity contribution < 1.29 is 14.3 Å². The van der Waals surface area contributed by atoms with E-state index < -0.39 is 0 Å². The van der Waals surface area contributed by atoms with Gasteiger partial charge in [0, 0.05) is 20.6 Å². The molecule has 0 saturated carbocycles. The number of nitrogens with zero attached hydrogens (tertiary/aromatic N) is 2. The zero-order chi connectivity index (χ0) is 23.3. The molecule has 2 aromatic carbocycles. The Balaban J connectivity index is 2.04. The normalized spacial score (nSPS) is 12.1. The molecule has 7 heteroatoms. The smallest absolute Gasteiger partial charge is 0.243 e. The first-order chi connectivity index (χ1) is 15.4. The fraction of sp³-hybridized carbons (Fsp3) is 0.440. The average Bonchev–Trinajstić information content (AvgIpc) is 2.79. The summed E-state index contributed by atoms with van der Waals surface area (Å²) < 4.78 is 11.4. The van der Waals surface area contributed by atoms with Gasteiger partial charge in [-0.2, -0.15) is 0 Å². The summed E-state index contributed by atoms with van der Waals surface area (Å²) in [6, 6.07) is 16.2. The second kappa shape index (κ2) is 13.2. The SMILES string of the molecule is CCOc1ccc(CCNC(=NCC(=O)N(C)C)NC(C)c2ccccc2)cc1OCC. The highest BCUT2D eigenvalue weighted by Gasteiger charge is 2.10. The third-order valence-electron chi connectivity index (χ3n) is 4.84. The topological polar surface area (TPSA) is 75.2 Å². The van der Waals surface area contributed by atoms with E-state index in [0.29, 0.717) is 25.7 Å². The van der Waals surface area contributed by atoms with Gasteiger partial charge < -0.3 is 25.0 Å². The largest absolute Gasteiger partial charge is 0.490 e. The summed E-state index contributed by atoms with van der Waals surface area (Å²) in [6.07, 6.45) is 0.772. The molecule has 0 aromatic heterocycles. The highest BCUT2D eigenvalue weighted by atomic mass is 16.5. The molecule has 2 aromatic rings. The Hall–Kier alpha value is -3.22. The van der Waals surface area contributed by atoms with Crippen molar-refractivity contribution in [3.63, 3.8) is 0 Å². The van der Waals surface area contributed by atoms with Crippen LogP contribution < -0.4 is 20.1 Å². The van der Waals surface area contributed by atoms with E-state index in [9.17, 15) is 4.79 Å². The maximum atomic E-state index is 12.0. The van der Waals surface area contributed by atoms with Crippen LogP contribution in [-0.2, 0) is 11.2 Å². The highest BCUT2D eigenvalue weighted by Crippen LogP contribution is 2.28. The first-order valence-electron chi connectivity index (χ1n) is 11.1. The molecule has 0 fully saturated rings. The van der Waals surface area contributed by atoms with Crippen molar-refractivity contribution in [1.82, 2.24) is 15.5 Å². The second-order valence-electron chi connectivity index (χ2n) is 7.55. The van der Waals surface area contributed by atoms with Crippen LogP contribution in [-0.4, -0.2) is 57.2 Å². The molecule has 0 aliphatic heterocycles. The molecule has 0 aliphatic carbocycles. The Kier molecular flexibility index (Phi) is 10.4. The fourth-order valence-electron chi connectivity index (χ4n) is 3.05. The highest BCUT2D eigenvalue weighted by molar-refractivity contribution is 5.85. The molecule has 174 valence electrons. The lowest BCUT2D eigenvalue weighted by molar-refractivity contribution is -0.127. The standard InChI is InChI=1S/C25H36N4O3/c1-6-31-22-14-13-20(17-23(22)32-7-2)15-16-26-25(27-18-24(30)29(4)5)28-19(3)21-11-9-8-10-12-21/h8-14,17,19H,6-7,15-16,18H2,1-5H3,(H2,26,27,28). The summed E-state index contributed by atoms with van der Waals surface area (Å²) in [7, 11) is 3.46. The number of hydrogen-bond acceptors (Lipinski definition) is 4. The summed E-state index contributed by atoms with van der Waals surface area (Å²) in [6.45, 7) is 7.91. The number of likely N-dealkylation sites (N-methyl/N-ethyl adjacent to an activating group) is 1. The summed E-state index contributed by atoms with van der Waals surface area (Å²) in [5.74, 6) is 2.07. The minimum atomic E-state index is -0.0497. The zero-order valence-electron chi connectivity index (χ0n) is 19.9. The number of guanidine groups is 1.